The number of aliphatic carboxylic acids is 1. The highest BCUT2D eigenvalue weighted by atomic mass is 79.9. The second kappa shape index (κ2) is 4.89. The number of carbonyl (C=O) groups is 1. The van der Waals surface area contributed by atoms with Gasteiger partial charge < -0.3 is 10.2 Å². The first-order valence-electron chi connectivity index (χ1n) is 3.88. The summed E-state index contributed by atoms with van der Waals surface area (Å²) in [6, 6.07) is 2.60. The number of carboxylic acids is 1. The molecule has 0 bridgehead atoms. The molecule has 6 nitrogen and oxygen atoms in total. The first-order valence-corrected chi connectivity index (χ1v) is 5.47. The summed E-state index contributed by atoms with van der Waals surface area (Å²) in [6.07, 6.45) is -1.94. The predicted octanol–water partition coefficient (Wildman–Crippen LogP) is 2.24. The van der Waals surface area contributed by atoms with Gasteiger partial charge >= 0.3 is 5.97 Å². The van der Waals surface area contributed by atoms with E-state index in [2.05, 4.69) is 31.9 Å². The fraction of sp³-hybridized carbons (Fsp3) is 0.125. The maximum Gasteiger partial charge on any atom is 0.337 e. The van der Waals surface area contributed by atoms with Gasteiger partial charge in [-0.05, 0) is 28.1 Å². The number of nitrogens with zero attached hydrogens (tertiary/aromatic N) is 1. The Labute approximate surface area is 106 Å². The lowest BCUT2D eigenvalue weighted by Gasteiger charge is -2.08. The zero-order valence-corrected chi connectivity index (χ0v) is 10.7. The molecule has 0 aliphatic carbocycles. The molecule has 0 aliphatic heterocycles. The van der Waals surface area contributed by atoms with E-state index in [0.29, 0.717) is 4.47 Å². The van der Waals surface area contributed by atoms with Gasteiger partial charge in [0.2, 0.25) is 0 Å². The van der Waals surface area contributed by atoms with Crippen LogP contribution in [0.1, 0.15) is 11.7 Å². The van der Waals surface area contributed by atoms with Crippen LogP contribution < -0.4 is 0 Å². The number of halogens is 2. The van der Waals surface area contributed by atoms with E-state index in [4.69, 9.17) is 5.11 Å². The highest BCUT2D eigenvalue weighted by Gasteiger charge is 2.28. The summed E-state index contributed by atoms with van der Waals surface area (Å²) in [6.45, 7) is 0. The smallest absolute Gasteiger partial charge is 0.337 e. The van der Waals surface area contributed by atoms with Gasteiger partial charge in [-0.25, -0.2) is 4.79 Å². The Morgan fingerprint density at radius 1 is 1.44 bits per heavy atom. The van der Waals surface area contributed by atoms with Gasteiger partial charge in [-0.1, -0.05) is 15.9 Å². The van der Waals surface area contributed by atoms with E-state index < -0.39 is 22.7 Å². The summed E-state index contributed by atoms with van der Waals surface area (Å²) in [7, 11) is 0. The van der Waals surface area contributed by atoms with Gasteiger partial charge in [-0.15, -0.1) is 0 Å². The van der Waals surface area contributed by atoms with Crippen LogP contribution in [0.2, 0.25) is 0 Å². The van der Waals surface area contributed by atoms with Gasteiger partial charge in [0.05, 0.1) is 15.0 Å². The van der Waals surface area contributed by atoms with Crippen LogP contribution in [0, 0.1) is 10.1 Å². The lowest BCUT2D eigenvalue weighted by molar-refractivity contribution is -0.386. The Balaban J connectivity index is 3.46. The first-order chi connectivity index (χ1) is 7.34. The van der Waals surface area contributed by atoms with Gasteiger partial charge in [0, 0.05) is 4.47 Å². The number of hydrogen-bond acceptors (Lipinski definition) is 4. The van der Waals surface area contributed by atoms with Crippen LogP contribution in [0.4, 0.5) is 5.69 Å². The van der Waals surface area contributed by atoms with Crippen LogP contribution in [0.5, 0.6) is 0 Å². The third kappa shape index (κ3) is 2.57. The molecule has 0 heterocycles. The second-order valence-electron chi connectivity index (χ2n) is 2.82. The van der Waals surface area contributed by atoms with Crippen LogP contribution in [-0.2, 0) is 4.79 Å². The zero-order chi connectivity index (χ0) is 12.5. The second-order valence-corrected chi connectivity index (χ2v) is 4.59. The Hall–Kier alpha value is -0.990. The van der Waals surface area contributed by atoms with E-state index >= 15 is 0 Å². The van der Waals surface area contributed by atoms with Crippen LogP contribution in [0.25, 0.3) is 0 Å². The van der Waals surface area contributed by atoms with E-state index in [0.717, 1.165) is 0 Å². The summed E-state index contributed by atoms with van der Waals surface area (Å²) in [5, 5.41) is 28.7. The van der Waals surface area contributed by atoms with Crippen molar-refractivity contribution in [3.8, 4) is 0 Å². The molecule has 1 aromatic carbocycles. The Morgan fingerprint density at radius 2 is 2.00 bits per heavy atom. The van der Waals surface area contributed by atoms with Crippen molar-refractivity contribution in [1.29, 1.82) is 0 Å². The average Bonchev–Trinajstić information content (AvgIpc) is 2.14. The largest absolute Gasteiger partial charge is 0.479 e. The molecule has 0 aliphatic rings. The normalized spacial score (nSPS) is 12.2. The molecule has 0 radical (unpaired) electrons. The van der Waals surface area contributed by atoms with Crippen LogP contribution in [0.3, 0.4) is 0 Å². The topological polar surface area (TPSA) is 101 Å². The molecule has 1 unspecified atom stereocenters. The Morgan fingerprint density at radius 3 is 2.44 bits per heavy atom. The molecular weight excluding hydrogens is 350 g/mol. The molecule has 0 spiro atoms. The molecule has 2 N–H and O–H groups in total. The number of hydrogen-bond donors (Lipinski definition) is 2. The molecule has 86 valence electrons. The van der Waals surface area contributed by atoms with Gasteiger partial charge in [0.15, 0.2) is 6.10 Å². The number of carboxylic acid groups (broad SMARTS) is 1. The molecule has 1 rings (SSSR count). The number of benzene rings is 1. The maximum absolute atomic E-state index is 10.7. The van der Waals surface area contributed by atoms with Crippen molar-refractivity contribution in [3.63, 3.8) is 0 Å². The molecule has 0 amide bonds. The standard InChI is InChI=1S/C8H5Br2NO5/c9-3-1-4(7(12)8(13)14)6(11(15)16)5(10)2-3/h1-2,7,12H,(H,13,14). The summed E-state index contributed by atoms with van der Waals surface area (Å²) in [5.74, 6) is -1.55. The average molecular weight is 355 g/mol. The minimum Gasteiger partial charge on any atom is -0.479 e. The molecule has 0 saturated carbocycles. The minimum atomic E-state index is -1.94. The van der Waals surface area contributed by atoms with E-state index in [-0.39, 0.29) is 10.0 Å². The molecule has 1 aromatic rings. The fourth-order valence-electron chi connectivity index (χ4n) is 1.12. The van der Waals surface area contributed by atoms with E-state index in [1.807, 2.05) is 0 Å². The van der Waals surface area contributed by atoms with Crippen molar-refractivity contribution in [2.45, 2.75) is 6.10 Å². The Kier molecular flexibility index (Phi) is 4.00. The Bertz CT molecular complexity index is 462. The number of nitro benzene ring substituents is 1. The fourth-order valence-corrected chi connectivity index (χ4v) is 2.52. The SMILES string of the molecule is O=C(O)C(O)c1cc(Br)cc(Br)c1[N+](=O)[O-]. The van der Waals surface area contributed by atoms with Gasteiger partial charge in [-0.2, -0.15) is 0 Å². The summed E-state index contributed by atoms with van der Waals surface area (Å²) >= 11 is 6.00. The number of nitro groups is 1. The number of aliphatic hydroxyl groups excluding tert-OH is 1. The summed E-state index contributed by atoms with van der Waals surface area (Å²) in [5.41, 5.74) is -0.739. The van der Waals surface area contributed by atoms with Crippen LogP contribution >= 0.6 is 31.9 Å². The third-order valence-corrected chi connectivity index (χ3v) is 2.83. The van der Waals surface area contributed by atoms with E-state index in [9.17, 15) is 20.0 Å². The number of aliphatic hydroxyl groups is 1. The minimum absolute atomic E-state index is 0.0992. The molecule has 1 atom stereocenters. The van der Waals surface area contributed by atoms with Crippen LogP contribution in [0.15, 0.2) is 21.1 Å². The van der Waals surface area contributed by atoms with E-state index in [1.165, 1.54) is 12.1 Å². The van der Waals surface area contributed by atoms with Crippen molar-refractivity contribution in [1.82, 2.24) is 0 Å². The van der Waals surface area contributed by atoms with Gasteiger partial charge in [-0.3, -0.25) is 10.1 Å². The van der Waals surface area contributed by atoms with Gasteiger partial charge in [0.25, 0.3) is 5.69 Å². The third-order valence-electron chi connectivity index (χ3n) is 1.77. The maximum atomic E-state index is 10.7. The first kappa shape index (κ1) is 13.1. The van der Waals surface area contributed by atoms with Crippen molar-refractivity contribution < 1.29 is 19.9 Å². The summed E-state index contributed by atoms with van der Waals surface area (Å²) < 4.78 is 0.530. The highest BCUT2D eigenvalue weighted by Crippen LogP contribution is 2.35. The molecule has 8 heteroatoms. The molecule has 0 aromatic heterocycles. The van der Waals surface area contributed by atoms with Crippen molar-refractivity contribution in [2.75, 3.05) is 0 Å². The number of rotatable bonds is 3. The lowest BCUT2D eigenvalue weighted by Crippen LogP contribution is -2.12. The van der Waals surface area contributed by atoms with E-state index in [1.54, 1.807) is 0 Å². The van der Waals surface area contributed by atoms with Crippen molar-refractivity contribution >= 4 is 43.5 Å². The molecule has 16 heavy (non-hydrogen) atoms. The predicted molar refractivity (Wildman–Crippen MR) is 61.1 cm³/mol. The van der Waals surface area contributed by atoms with Crippen molar-refractivity contribution in [2.24, 2.45) is 0 Å². The van der Waals surface area contributed by atoms with Crippen LogP contribution in [-0.4, -0.2) is 21.1 Å². The molecular formula is C8H5Br2NO5. The quantitative estimate of drug-likeness (QED) is 0.640. The zero-order valence-electron chi connectivity index (χ0n) is 7.55. The monoisotopic (exact) mass is 353 g/mol. The molecule has 0 saturated heterocycles. The van der Waals surface area contributed by atoms with Crippen molar-refractivity contribution in [3.05, 3.63) is 36.8 Å². The summed E-state index contributed by atoms with van der Waals surface area (Å²) in [4.78, 5) is 20.6. The lowest BCUT2D eigenvalue weighted by atomic mass is 10.1. The van der Waals surface area contributed by atoms with Gasteiger partial charge in [0.1, 0.15) is 0 Å². The molecule has 0 fully saturated rings. The highest BCUT2D eigenvalue weighted by molar-refractivity contribution is 9.11.